The summed E-state index contributed by atoms with van der Waals surface area (Å²) in [5, 5.41) is 12.5. The lowest BCUT2D eigenvalue weighted by Crippen LogP contribution is -2.62. The third-order valence-corrected chi connectivity index (χ3v) is 4.88. The van der Waals surface area contributed by atoms with Gasteiger partial charge in [-0.15, -0.1) is 4.99 Å². The smallest absolute Gasteiger partial charge is 0.437 e. The zero-order chi connectivity index (χ0) is 21.8. The summed E-state index contributed by atoms with van der Waals surface area (Å²) in [6, 6.07) is 6.33. The molecular weight excluding hydrogens is 374 g/mol. The molecule has 2 N–H and O–H groups in total. The zero-order valence-corrected chi connectivity index (χ0v) is 17.6. The molecule has 1 fully saturated rings. The lowest BCUT2D eigenvalue weighted by molar-refractivity contribution is -0.131. The fraction of sp³-hybridized carbons (Fsp3) is 0.524. The van der Waals surface area contributed by atoms with Gasteiger partial charge in [0.15, 0.2) is 0 Å². The minimum Gasteiger partial charge on any atom is -0.478 e. The van der Waals surface area contributed by atoms with Gasteiger partial charge in [-0.25, -0.2) is 9.59 Å². The Morgan fingerprint density at radius 2 is 1.93 bits per heavy atom. The molecule has 1 aromatic carbocycles. The number of benzene rings is 1. The number of amides is 2. The third-order valence-electron chi connectivity index (χ3n) is 4.88. The molecule has 1 aliphatic heterocycles. The van der Waals surface area contributed by atoms with Gasteiger partial charge in [0.1, 0.15) is 5.60 Å². The van der Waals surface area contributed by atoms with Crippen molar-refractivity contribution < 1.29 is 24.2 Å². The lowest BCUT2D eigenvalue weighted by Gasteiger charge is -2.42. The standard InChI is InChI=1S/C21H29N3O5/c1-6-21(7-2)12-16(25)24(13-14-9-8-10-15(11-14)17(26)27)18(23-21)22-19(28)29-20(3,4)5/h8-11H,6-7,12-13H2,1-5H3,(H,26,27)(H,22,23,28). The highest BCUT2D eigenvalue weighted by atomic mass is 16.6. The summed E-state index contributed by atoms with van der Waals surface area (Å²) in [7, 11) is 0. The number of aliphatic imine (C=N–C) groups is 1. The number of nitrogens with one attached hydrogen (secondary N) is 1. The van der Waals surface area contributed by atoms with Crippen LogP contribution in [0.25, 0.3) is 0 Å². The van der Waals surface area contributed by atoms with Crippen molar-refractivity contribution in [3.8, 4) is 0 Å². The van der Waals surface area contributed by atoms with Crippen LogP contribution in [0.2, 0.25) is 0 Å². The summed E-state index contributed by atoms with van der Waals surface area (Å²) in [5.74, 6) is -1.11. The molecule has 0 aromatic heterocycles. The van der Waals surface area contributed by atoms with Crippen molar-refractivity contribution in [1.29, 1.82) is 0 Å². The van der Waals surface area contributed by atoms with Crippen LogP contribution in [0.5, 0.6) is 0 Å². The normalized spacial score (nSPS) is 17.8. The highest BCUT2D eigenvalue weighted by molar-refractivity contribution is 6.03. The van der Waals surface area contributed by atoms with Gasteiger partial charge in [0.2, 0.25) is 11.9 Å². The number of guanidine groups is 1. The molecule has 0 aliphatic carbocycles. The third kappa shape index (κ3) is 5.79. The Bertz CT molecular complexity index is 822. The van der Waals surface area contributed by atoms with Gasteiger partial charge in [0, 0.05) is 5.54 Å². The largest absolute Gasteiger partial charge is 0.478 e. The van der Waals surface area contributed by atoms with Gasteiger partial charge in [0.05, 0.1) is 18.5 Å². The van der Waals surface area contributed by atoms with Crippen molar-refractivity contribution in [2.75, 3.05) is 0 Å². The molecule has 1 aliphatic rings. The number of carboxylic acids is 1. The average Bonchev–Trinajstić information content (AvgIpc) is 2.63. The number of ether oxygens (including phenoxy) is 1. The number of hydrogen-bond acceptors (Lipinski definition) is 4. The van der Waals surface area contributed by atoms with E-state index in [9.17, 15) is 19.5 Å². The minimum absolute atomic E-state index is 0.0953. The van der Waals surface area contributed by atoms with E-state index in [1.807, 2.05) is 13.8 Å². The van der Waals surface area contributed by atoms with E-state index < -0.39 is 23.2 Å². The molecule has 0 bridgehead atoms. The summed E-state index contributed by atoms with van der Waals surface area (Å²) in [6.45, 7) is 9.26. The van der Waals surface area contributed by atoms with Crippen LogP contribution in [0.15, 0.2) is 29.3 Å². The maximum atomic E-state index is 13.0. The number of hydrogen-bond donors (Lipinski definition) is 2. The topological polar surface area (TPSA) is 108 Å². The molecule has 8 heteroatoms. The minimum atomic E-state index is -1.05. The molecule has 0 saturated carbocycles. The van der Waals surface area contributed by atoms with E-state index in [0.717, 1.165) is 0 Å². The SMILES string of the molecule is CCC1(CC)CC(=O)N(Cc2cccc(C(=O)O)c2)C(=NC(=O)OC(C)(C)C)N1. The van der Waals surface area contributed by atoms with E-state index in [1.54, 1.807) is 32.9 Å². The summed E-state index contributed by atoms with van der Waals surface area (Å²) < 4.78 is 5.28. The van der Waals surface area contributed by atoms with E-state index >= 15 is 0 Å². The Balaban J connectivity index is 2.38. The number of nitrogens with zero attached hydrogens (tertiary/aromatic N) is 2. The first-order valence-corrected chi connectivity index (χ1v) is 9.71. The Morgan fingerprint density at radius 3 is 2.48 bits per heavy atom. The average molecular weight is 403 g/mol. The molecule has 0 spiro atoms. The Labute approximate surface area is 170 Å². The molecule has 2 amide bonds. The van der Waals surface area contributed by atoms with Crippen LogP contribution in [0, 0.1) is 0 Å². The Kier molecular flexibility index (Phi) is 6.66. The number of carbonyl (C=O) groups is 3. The Morgan fingerprint density at radius 1 is 1.28 bits per heavy atom. The van der Waals surface area contributed by atoms with Gasteiger partial charge in [-0.3, -0.25) is 9.69 Å². The van der Waals surface area contributed by atoms with Crippen molar-refractivity contribution in [1.82, 2.24) is 10.2 Å². The first-order valence-electron chi connectivity index (χ1n) is 9.71. The molecular formula is C21H29N3O5. The van der Waals surface area contributed by atoms with Crippen molar-refractivity contribution in [2.45, 2.75) is 71.6 Å². The molecule has 158 valence electrons. The molecule has 29 heavy (non-hydrogen) atoms. The highest BCUT2D eigenvalue weighted by Crippen LogP contribution is 2.27. The summed E-state index contributed by atoms with van der Waals surface area (Å²) in [6.07, 6.45) is 0.835. The van der Waals surface area contributed by atoms with Crippen molar-refractivity contribution in [3.05, 3.63) is 35.4 Å². The van der Waals surface area contributed by atoms with Crippen LogP contribution in [0.4, 0.5) is 4.79 Å². The molecule has 8 nitrogen and oxygen atoms in total. The van der Waals surface area contributed by atoms with Crippen LogP contribution >= 0.6 is 0 Å². The van der Waals surface area contributed by atoms with Crippen LogP contribution in [-0.2, 0) is 16.1 Å². The van der Waals surface area contributed by atoms with E-state index in [-0.39, 0.29) is 30.4 Å². The molecule has 0 atom stereocenters. The maximum absolute atomic E-state index is 13.0. The summed E-state index contributed by atoms with van der Waals surface area (Å²) in [5.41, 5.74) is -0.454. The van der Waals surface area contributed by atoms with Crippen LogP contribution in [-0.4, -0.2) is 45.1 Å². The molecule has 1 saturated heterocycles. The second-order valence-corrected chi connectivity index (χ2v) is 8.19. The maximum Gasteiger partial charge on any atom is 0.437 e. The fourth-order valence-electron chi connectivity index (χ4n) is 3.14. The van der Waals surface area contributed by atoms with Crippen molar-refractivity contribution in [2.24, 2.45) is 4.99 Å². The predicted molar refractivity (Wildman–Crippen MR) is 109 cm³/mol. The summed E-state index contributed by atoms with van der Waals surface area (Å²) in [4.78, 5) is 41.9. The first-order chi connectivity index (χ1) is 13.5. The second kappa shape index (κ2) is 8.63. The first kappa shape index (κ1) is 22.4. The molecule has 0 unspecified atom stereocenters. The number of carbonyl (C=O) groups excluding carboxylic acids is 2. The predicted octanol–water partition coefficient (Wildman–Crippen LogP) is 3.56. The number of rotatable bonds is 5. The van der Waals surface area contributed by atoms with Gasteiger partial charge in [-0.05, 0) is 51.3 Å². The number of aromatic carboxylic acids is 1. The van der Waals surface area contributed by atoms with E-state index in [0.29, 0.717) is 18.4 Å². The lowest BCUT2D eigenvalue weighted by atomic mass is 9.87. The second-order valence-electron chi connectivity index (χ2n) is 8.19. The van der Waals surface area contributed by atoms with Gasteiger partial charge < -0.3 is 15.2 Å². The van der Waals surface area contributed by atoms with E-state index in [2.05, 4.69) is 10.3 Å². The van der Waals surface area contributed by atoms with Crippen LogP contribution in [0.1, 0.15) is 69.8 Å². The van der Waals surface area contributed by atoms with Gasteiger partial charge >= 0.3 is 12.1 Å². The van der Waals surface area contributed by atoms with E-state index in [4.69, 9.17) is 4.74 Å². The van der Waals surface area contributed by atoms with Crippen molar-refractivity contribution in [3.63, 3.8) is 0 Å². The quantitative estimate of drug-likeness (QED) is 0.778. The van der Waals surface area contributed by atoms with Crippen molar-refractivity contribution >= 4 is 23.9 Å². The van der Waals surface area contributed by atoms with Crippen LogP contribution < -0.4 is 5.32 Å². The van der Waals surface area contributed by atoms with E-state index in [1.165, 1.54) is 17.0 Å². The summed E-state index contributed by atoms with van der Waals surface area (Å²) >= 11 is 0. The molecule has 0 radical (unpaired) electrons. The molecule has 1 aromatic rings. The van der Waals surface area contributed by atoms with Gasteiger partial charge in [-0.2, -0.15) is 0 Å². The fourth-order valence-corrected chi connectivity index (χ4v) is 3.14. The molecule has 2 rings (SSSR count). The van der Waals surface area contributed by atoms with Crippen LogP contribution in [0.3, 0.4) is 0 Å². The molecule has 1 heterocycles. The number of carboxylic acid groups (broad SMARTS) is 1. The van der Waals surface area contributed by atoms with Gasteiger partial charge in [0.25, 0.3) is 0 Å². The monoisotopic (exact) mass is 403 g/mol. The highest BCUT2D eigenvalue weighted by Gasteiger charge is 2.40. The Hall–Kier alpha value is -2.90. The zero-order valence-electron chi connectivity index (χ0n) is 17.6. The van der Waals surface area contributed by atoms with Gasteiger partial charge in [-0.1, -0.05) is 26.0 Å².